The van der Waals surface area contributed by atoms with Crippen LogP contribution in [0, 0.1) is 6.92 Å². The van der Waals surface area contributed by atoms with Gasteiger partial charge in [0.15, 0.2) is 0 Å². The number of amides is 2. The second kappa shape index (κ2) is 5.87. The van der Waals surface area contributed by atoms with Crippen LogP contribution in [0.25, 0.3) is 0 Å². The number of carbonyl (C=O) groups is 2. The first-order chi connectivity index (χ1) is 8.69. The average molecular weight is 262 g/mol. The van der Waals surface area contributed by atoms with Gasteiger partial charge in [-0.1, -0.05) is 12.1 Å². The molecule has 2 amide bonds. The molecule has 0 aliphatic rings. The smallest absolute Gasteiger partial charge is 0.240 e. The van der Waals surface area contributed by atoms with E-state index in [0.29, 0.717) is 0 Å². The van der Waals surface area contributed by atoms with Crippen molar-refractivity contribution in [1.29, 1.82) is 0 Å². The second-order valence-corrected chi connectivity index (χ2v) is 5.74. The lowest BCUT2D eigenvalue weighted by molar-refractivity contribution is -0.124. The summed E-state index contributed by atoms with van der Waals surface area (Å²) in [6, 6.07) is 7.56. The van der Waals surface area contributed by atoms with Crippen LogP contribution in [0.4, 0.5) is 5.69 Å². The predicted molar refractivity (Wildman–Crippen MR) is 77.1 cm³/mol. The molecule has 1 aromatic carbocycles. The molecule has 1 rings (SSSR count). The van der Waals surface area contributed by atoms with Gasteiger partial charge in [-0.2, -0.15) is 0 Å². The van der Waals surface area contributed by atoms with Gasteiger partial charge in [-0.25, -0.2) is 0 Å². The number of hydrogen-bond acceptors (Lipinski definition) is 2. The van der Waals surface area contributed by atoms with E-state index < -0.39 is 0 Å². The number of nitrogens with zero attached hydrogens (tertiary/aromatic N) is 1. The van der Waals surface area contributed by atoms with E-state index in [0.717, 1.165) is 11.3 Å². The summed E-state index contributed by atoms with van der Waals surface area (Å²) < 4.78 is 0. The first-order valence-electron chi connectivity index (χ1n) is 6.35. The molecule has 0 fully saturated rings. The van der Waals surface area contributed by atoms with Crippen LogP contribution in [-0.4, -0.2) is 23.9 Å². The summed E-state index contributed by atoms with van der Waals surface area (Å²) in [5.74, 6) is -0.307. The Hall–Kier alpha value is -1.84. The van der Waals surface area contributed by atoms with Crippen LogP contribution in [0.3, 0.4) is 0 Å². The van der Waals surface area contributed by atoms with E-state index in [4.69, 9.17) is 0 Å². The van der Waals surface area contributed by atoms with Gasteiger partial charge < -0.3 is 10.2 Å². The van der Waals surface area contributed by atoms with Crippen LogP contribution in [0.2, 0.25) is 0 Å². The minimum absolute atomic E-state index is 0.0378. The third-order valence-corrected chi connectivity index (χ3v) is 2.51. The molecule has 0 spiro atoms. The summed E-state index contributed by atoms with van der Waals surface area (Å²) in [7, 11) is 0. The number of aryl methyl sites for hydroxylation is 1. The third kappa shape index (κ3) is 5.12. The maximum atomic E-state index is 11.9. The topological polar surface area (TPSA) is 49.4 Å². The van der Waals surface area contributed by atoms with Crippen molar-refractivity contribution < 1.29 is 9.59 Å². The van der Waals surface area contributed by atoms with Gasteiger partial charge in [0.2, 0.25) is 11.8 Å². The van der Waals surface area contributed by atoms with Crippen molar-refractivity contribution >= 4 is 17.5 Å². The van der Waals surface area contributed by atoms with E-state index in [1.807, 2.05) is 52.0 Å². The Morgan fingerprint density at radius 2 is 1.89 bits per heavy atom. The van der Waals surface area contributed by atoms with E-state index in [2.05, 4.69) is 5.32 Å². The molecule has 0 atom stereocenters. The second-order valence-electron chi connectivity index (χ2n) is 5.74. The van der Waals surface area contributed by atoms with Crippen LogP contribution in [0.15, 0.2) is 24.3 Å². The zero-order chi connectivity index (χ0) is 14.6. The van der Waals surface area contributed by atoms with Gasteiger partial charge in [-0.15, -0.1) is 0 Å². The molecule has 0 bridgehead atoms. The summed E-state index contributed by atoms with van der Waals surface area (Å²) in [6.07, 6.45) is 0. The van der Waals surface area contributed by atoms with Crippen LogP contribution in [0.5, 0.6) is 0 Å². The highest BCUT2D eigenvalue weighted by Gasteiger charge is 2.19. The predicted octanol–water partition coefficient (Wildman–Crippen LogP) is 2.26. The van der Waals surface area contributed by atoms with E-state index in [-0.39, 0.29) is 23.9 Å². The molecule has 0 heterocycles. The average Bonchev–Trinajstić information content (AvgIpc) is 2.23. The quantitative estimate of drug-likeness (QED) is 0.908. The highest BCUT2D eigenvalue weighted by molar-refractivity contribution is 5.97. The standard InChI is InChI=1S/C15H22N2O2/c1-11-7-6-8-13(9-11)17(12(2)18)10-14(19)16-15(3,4)5/h6-9H,10H2,1-5H3,(H,16,19). The van der Waals surface area contributed by atoms with Crippen molar-refractivity contribution in [2.75, 3.05) is 11.4 Å². The number of benzene rings is 1. The van der Waals surface area contributed by atoms with Crippen molar-refractivity contribution in [3.8, 4) is 0 Å². The van der Waals surface area contributed by atoms with Gasteiger partial charge in [0.05, 0.1) is 0 Å². The van der Waals surface area contributed by atoms with E-state index in [1.54, 1.807) is 0 Å². The molecule has 0 radical (unpaired) electrons. The fourth-order valence-corrected chi connectivity index (χ4v) is 1.78. The Bertz CT molecular complexity index is 475. The Morgan fingerprint density at radius 3 is 2.37 bits per heavy atom. The molecule has 4 nitrogen and oxygen atoms in total. The molecule has 0 aromatic heterocycles. The number of hydrogen-bond donors (Lipinski definition) is 1. The lowest BCUT2D eigenvalue weighted by Crippen LogP contribution is -2.47. The fourth-order valence-electron chi connectivity index (χ4n) is 1.78. The largest absolute Gasteiger partial charge is 0.350 e. The third-order valence-electron chi connectivity index (χ3n) is 2.51. The molecule has 0 aliphatic heterocycles. The molecule has 1 aromatic rings. The van der Waals surface area contributed by atoms with Crippen LogP contribution < -0.4 is 10.2 Å². The fraction of sp³-hybridized carbons (Fsp3) is 0.467. The van der Waals surface area contributed by atoms with Crippen molar-refractivity contribution in [1.82, 2.24) is 5.32 Å². The number of rotatable bonds is 3. The molecular weight excluding hydrogens is 240 g/mol. The Kier molecular flexibility index (Phi) is 4.70. The van der Waals surface area contributed by atoms with Crippen molar-refractivity contribution in [2.45, 2.75) is 40.2 Å². The first-order valence-corrected chi connectivity index (χ1v) is 6.35. The number of nitrogens with one attached hydrogen (secondary N) is 1. The lowest BCUT2D eigenvalue weighted by Gasteiger charge is -2.25. The van der Waals surface area contributed by atoms with Gasteiger partial charge in [0.1, 0.15) is 6.54 Å². The van der Waals surface area contributed by atoms with Crippen LogP contribution >= 0.6 is 0 Å². The monoisotopic (exact) mass is 262 g/mol. The first kappa shape index (κ1) is 15.2. The zero-order valence-corrected chi connectivity index (χ0v) is 12.3. The Balaban J connectivity index is 2.85. The van der Waals surface area contributed by atoms with Crippen LogP contribution in [0.1, 0.15) is 33.3 Å². The van der Waals surface area contributed by atoms with E-state index >= 15 is 0 Å². The van der Waals surface area contributed by atoms with Crippen molar-refractivity contribution in [2.24, 2.45) is 0 Å². The summed E-state index contributed by atoms with van der Waals surface area (Å²) >= 11 is 0. The molecule has 19 heavy (non-hydrogen) atoms. The Morgan fingerprint density at radius 1 is 1.26 bits per heavy atom. The molecule has 0 aliphatic carbocycles. The molecule has 0 saturated heterocycles. The van der Waals surface area contributed by atoms with Gasteiger partial charge in [-0.3, -0.25) is 9.59 Å². The van der Waals surface area contributed by atoms with E-state index in [9.17, 15) is 9.59 Å². The van der Waals surface area contributed by atoms with Gasteiger partial charge in [0, 0.05) is 18.2 Å². The summed E-state index contributed by atoms with van der Waals surface area (Å²) in [5, 5.41) is 2.86. The minimum atomic E-state index is -0.299. The molecule has 0 unspecified atom stereocenters. The highest BCUT2D eigenvalue weighted by atomic mass is 16.2. The molecule has 4 heteroatoms. The summed E-state index contributed by atoms with van der Waals surface area (Å²) in [4.78, 5) is 25.1. The minimum Gasteiger partial charge on any atom is -0.350 e. The maximum absolute atomic E-state index is 11.9. The van der Waals surface area contributed by atoms with Crippen molar-refractivity contribution in [3.63, 3.8) is 0 Å². The van der Waals surface area contributed by atoms with Crippen LogP contribution in [-0.2, 0) is 9.59 Å². The molecular formula is C15H22N2O2. The van der Waals surface area contributed by atoms with Crippen molar-refractivity contribution in [3.05, 3.63) is 29.8 Å². The molecule has 104 valence electrons. The SMILES string of the molecule is CC(=O)N(CC(=O)NC(C)(C)C)c1cccc(C)c1. The summed E-state index contributed by atoms with van der Waals surface area (Å²) in [6.45, 7) is 9.20. The normalized spacial score (nSPS) is 11.0. The van der Waals surface area contributed by atoms with Gasteiger partial charge in [-0.05, 0) is 45.4 Å². The maximum Gasteiger partial charge on any atom is 0.240 e. The van der Waals surface area contributed by atoms with Gasteiger partial charge >= 0.3 is 0 Å². The zero-order valence-electron chi connectivity index (χ0n) is 12.3. The Labute approximate surface area is 114 Å². The number of anilines is 1. The number of carbonyl (C=O) groups excluding carboxylic acids is 2. The molecule has 0 saturated carbocycles. The molecule has 1 N–H and O–H groups in total. The van der Waals surface area contributed by atoms with E-state index in [1.165, 1.54) is 11.8 Å². The highest BCUT2D eigenvalue weighted by Crippen LogP contribution is 2.16. The summed E-state index contributed by atoms with van der Waals surface area (Å²) in [5.41, 5.74) is 1.50. The lowest BCUT2D eigenvalue weighted by atomic mass is 10.1. The van der Waals surface area contributed by atoms with Gasteiger partial charge in [0.25, 0.3) is 0 Å².